The molecule has 1 heteroatoms. The molecule has 2 atom stereocenters. The van der Waals surface area contributed by atoms with Gasteiger partial charge in [-0.2, -0.15) is 0 Å². The van der Waals surface area contributed by atoms with Gasteiger partial charge in [0.2, 0.25) is 0 Å². The monoisotopic (exact) mass is 252 g/mol. The minimum absolute atomic E-state index is 0.475. The van der Waals surface area contributed by atoms with Gasteiger partial charge in [-0.1, -0.05) is 32.1 Å². The van der Waals surface area contributed by atoms with Crippen molar-refractivity contribution in [2.75, 3.05) is 0 Å². The summed E-state index contributed by atoms with van der Waals surface area (Å²) in [6.07, 6.45) is 15.5. The Hall–Kier alpha value is -0.0700. The molecule has 0 aromatic rings. The number of hydrogen-bond donors (Lipinski definition) is 0. The largest absolute Gasteiger partial charge is 0.247 e. The lowest BCUT2D eigenvalue weighted by Gasteiger charge is -2.31. The van der Waals surface area contributed by atoms with Gasteiger partial charge in [0.05, 0.1) is 0 Å². The molecule has 3 saturated carbocycles. The van der Waals surface area contributed by atoms with E-state index in [1.54, 1.807) is 0 Å². The minimum Gasteiger partial charge on any atom is -0.247 e. The summed E-state index contributed by atoms with van der Waals surface area (Å²) in [6.45, 7) is 0. The molecule has 104 valence electrons. The Kier molecular flexibility index (Phi) is 4.26. The van der Waals surface area contributed by atoms with E-state index >= 15 is 0 Å². The van der Waals surface area contributed by atoms with Crippen LogP contribution >= 0.6 is 0 Å². The lowest BCUT2D eigenvalue weighted by Crippen LogP contribution is -2.22. The Morgan fingerprint density at radius 1 is 0.500 bits per heavy atom. The standard InChI is InChI=1S/C17H29F/c18-17-10-8-14(9-11-17)16-7-6-15(12-16)13-4-2-1-3-5-13/h13-17H,1-12H2. The van der Waals surface area contributed by atoms with E-state index in [4.69, 9.17) is 0 Å². The summed E-state index contributed by atoms with van der Waals surface area (Å²) in [4.78, 5) is 0. The van der Waals surface area contributed by atoms with Gasteiger partial charge in [0.15, 0.2) is 0 Å². The summed E-state index contributed by atoms with van der Waals surface area (Å²) in [6, 6.07) is 0. The molecule has 0 N–H and O–H groups in total. The van der Waals surface area contributed by atoms with E-state index in [9.17, 15) is 4.39 Å². The van der Waals surface area contributed by atoms with Crippen molar-refractivity contribution < 1.29 is 4.39 Å². The van der Waals surface area contributed by atoms with E-state index in [-0.39, 0.29) is 0 Å². The van der Waals surface area contributed by atoms with Gasteiger partial charge in [0.1, 0.15) is 6.17 Å². The van der Waals surface area contributed by atoms with E-state index in [1.165, 1.54) is 64.2 Å². The van der Waals surface area contributed by atoms with Gasteiger partial charge in [-0.15, -0.1) is 0 Å². The Morgan fingerprint density at radius 2 is 1.00 bits per heavy atom. The van der Waals surface area contributed by atoms with Gasteiger partial charge in [-0.25, -0.2) is 4.39 Å². The smallest absolute Gasteiger partial charge is 0.100 e. The fourth-order valence-electron chi connectivity index (χ4n) is 5.06. The van der Waals surface area contributed by atoms with Crippen LogP contribution in [0.25, 0.3) is 0 Å². The van der Waals surface area contributed by atoms with Crippen LogP contribution in [0.15, 0.2) is 0 Å². The van der Waals surface area contributed by atoms with Gasteiger partial charge in [-0.3, -0.25) is 0 Å². The number of rotatable bonds is 2. The highest BCUT2D eigenvalue weighted by atomic mass is 19.1. The highest BCUT2D eigenvalue weighted by Gasteiger charge is 2.36. The first-order valence-corrected chi connectivity index (χ1v) is 8.47. The second-order valence-corrected chi connectivity index (χ2v) is 7.24. The van der Waals surface area contributed by atoms with Crippen molar-refractivity contribution in [2.24, 2.45) is 23.7 Å². The average Bonchev–Trinajstić information content (AvgIpc) is 2.90. The Labute approximate surface area is 112 Å². The van der Waals surface area contributed by atoms with Crippen molar-refractivity contribution in [3.05, 3.63) is 0 Å². The predicted octanol–water partition coefficient (Wildman–Crippen LogP) is 5.51. The van der Waals surface area contributed by atoms with E-state index < -0.39 is 6.17 Å². The first-order valence-electron chi connectivity index (χ1n) is 8.47. The fraction of sp³-hybridized carbons (Fsp3) is 1.00. The van der Waals surface area contributed by atoms with Crippen molar-refractivity contribution in [1.29, 1.82) is 0 Å². The molecule has 0 heterocycles. The third-order valence-corrected chi connectivity index (χ3v) is 6.20. The summed E-state index contributed by atoms with van der Waals surface area (Å²) in [5.74, 6) is 3.94. The van der Waals surface area contributed by atoms with Crippen LogP contribution in [-0.2, 0) is 0 Å². The van der Waals surface area contributed by atoms with Crippen LogP contribution in [0.5, 0.6) is 0 Å². The molecule has 0 nitrogen and oxygen atoms in total. The maximum Gasteiger partial charge on any atom is 0.100 e. The molecule has 3 aliphatic carbocycles. The van der Waals surface area contributed by atoms with Crippen molar-refractivity contribution in [2.45, 2.75) is 83.2 Å². The van der Waals surface area contributed by atoms with Gasteiger partial charge in [0.25, 0.3) is 0 Å². The molecule has 0 bridgehead atoms. The molecule has 18 heavy (non-hydrogen) atoms. The molecule has 2 unspecified atom stereocenters. The first kappa shape index (κ1) is 12.9. The zero-order valence-corrected chi connectivity index (χ0v) is 11.7. The summed E-state index contributed by atoms with van der Waals surface area (Å²) >= 11 is 0. The molecule has 3 aliphatic rings. The molecular formula is C17H29F. The summed E-state index contributed by atoms with van der Waals surface area (Å²) in [5, 5.41) is 0. The zero-order chi connectivity index (χ0) is 12.4. The second-order valence-electron chi connectivity index (χ2n) is 7.24. The maximum atomic E-state index is 13.2. The van der Waals surface area contributed by atoms with Crippen molar-refractivity contribution in [1.82, 2.24) is 0 Å². The van der Waals surface area contributed by atoms with Crippen molar-refractivity contribution in [3.8, 4) is 0 Å². The molecule has 0 aliphatic heterocycles. The van der Waals surface area contributed by atoms with Crippen LogP contribution in [-0.4, -0.2) is 6.17 Å². The minimum atomic E-state index is -0.475. The summed E-state index contributed by atoms with van der Waals surface area (Å²) in [7, 11) is 0. The van der Waals surface area contributed by atoms with Crippen molar-refractivity contribution >= 4 is 0 Å². The lowest BCUT2D eigenvalue weighted by molar-refractivity contribution is 0.160. The average molecular weight is 252 g/mol. The Balaban J connectivity index is 1.48. The normalized spacial score (nSPS) is 43.2. The van der Waals surface area contributed by atoms with Gasteiger partial charge >= 0.3 is 0 Å². The molecule has 0 saturated heterocycles. The predicted molar refractivity (Wildman–Crippen MR) is 74.3 cm³/mol. The molecule has 0 aromatic carbocycles. The van der Waals surface area contributed by atoms with Crippen LogP contribution < -0.4 is 0 Å². The highest BCUT2D eigenvalue weighted by molar-refractivity contribution is 4.87. The molecule has 0 spiro atoms. The fourth-order valence-corrected chi connectivity index (χ4v) is 5.06. The zero-order valence-electron chi connectivity index (χ0n) is 11.7. The van der Waals surface area contributed by atoms with Crippen molar-refractivity contribution in [3.63, 3.8) is 0 Å². The Morgan fingerprint density at radius 3 is 1.61 bits per heavy atom. The van der Waals surface area contributed by atoms with E-state index in [2.05, 4.69) is 0 Å². The molecule has 3 fully saturated rings. The summed E-state index contributed by atoms with van der Waals surface area (Å²) < 4.78 is 13.2. The van der Waals surface area contributed by atoms with Gasteiger partial charge in [-0.05, 0) is 68.6 Å². The third-order valence-electron chi connectivity index (χ3n) is 6.20. The maximum absolute atomic E-state index is 13.2. The number of hydrogen-bond acceptors (Lipinski definition) is 0. The van der Waals surface area contributed by atoms with Gasteiger partial charge in [0, 0.05) is 0 Å². The topological polar surface area (TPSA) is 0 Å². The highest BCUT2D eigenvalue weighted by Crippen LogP contribution is 2.47. The molecule has 0 aromatic heterocycles. The SMILES string of the molecule is FC1CCC(C2CCC(C3CCCCC3)C2)CC1. The van der Waals surface area contributed by atoms with Crippen LogP contribution in [0.3, 0.4) is 0 Å². The van der Waals surface area contributed by atoms with Crippen LogP contribution in [0.4, 0.5) is 4.39 Å². The quantitative estimate of drug-likeness (QED) is 0.607. The first-order chi connectivity index (χ1) is 8.83. The van der Waals surface area contributed by atoms with E-state index in [1.807, 2.05) is 0 Å². The molecule has 0 amide bonds. The molecular weight excluding hydrogens is 223 g/mol. The van der Waals surface area contributed by atoms with E-state index in [0.717, 1.165) is 36.5 Å². The van der Waals surface area contributed by atoms with Gasteiger partial charge < -0.3 is 0 Å². The third kappa shape index (κ3) is 2.91. The Bertz CT molecular complexity index is 248. The van der Waals surface area contributed by atoms with Crippen LogP contribution in [0.1, 0.15) is 77.0 Å². The summed E-state index contributed by atoms with van der Waals surface area (Å²) in [5.41, 5.74) is 0. The van der Waals surface area contributed by atoms with Crippen LogP contribution in [0.2, 0.25) is 0 Å². The number of halogens is 1. The second kappa shape index (κ2) is 5.92. The lowest BCUT2D eigenvalue weighted by atomic mass is 9.75. The molecule has 3 rings (SSSR count). The molecule has 0 radical (unpaired) electrons. The van der Waals surface area contributed by atoms with Crippen LogP contribution in [0, 0.1) is 23.7 Å². The van der Waals surface area contributed by atoms with E-state index in [0.29, 0.717) is 0 Å². The number of alkyl halides is 1.